The van der Waals surface area contributed by atoms with Gasteiger partial charge in [0.25, 0.3) is 0 Å². The number of hydrogen-bond acceptors (Lipinski definition) is 2. The molecule has 0 spiro atoms. The van der Waals surface area contributed by atoms with Crippen LogP contribution in [0.2, 0.25) is 0 Å². The molecule has 6 N–H and O–H groups in total. The number of halogens is 1. The van der Waals surface area contributed by atoms with E-state index < -0.39 is 15.6 Å². The fourth-order valence-electron chi connectivity index (χ4n) is 0. The summed E-state index contributed by atoms with van der Waals surface area (Å²) in [6, 6.07) is 0. The molecule has 0 aromatic heterocycles. The van der Waals surface area contributed by atoms with Crippen LogP contribution in [0.25, 0.3) is 0 Å². The van der Waals surface area contributed by atoms with E-state index in [0.717, 1.165) is 0 Å². The Bertz CT molecular complexity index is 134. The summed E-state index contributed by atoms with van der Waals surface area (Å²) in [7, 11) is -9.28. The molecule has 0 aromatic carbocycles. The molecule has 0 saturated carbocycles. The van der Waals surface area contributed by atoms with Gasteiger partial charge < -0.3 is 30.8 Å². The van der Waals surface area contributed by atoms with Gasteiger partial charge in [0.15, 0.2) is 0 Å². The maximum absolute atomic E-state index is 8.88. The first-order valence-corrected chi connectivity index (χ1v) is 4.70. The molecule has 0 bridgehead atoms. The molecule has 0 heterocycles. The summed E-state index contributed by atoms with van der Waals surface area (Å²) >= 11 is 0. The quantitative estimate of drug-likeness (QED) is 0.187. The average molecular weight is 256 g/mol. The topological polar surface area (TPSA) is 156 Å². The van der Waals surface area contributed by atoms with E-state index in [1.54, 1.807) is 0 Å². The number of phosphoric acid groups is 2. The summed E-state index contributed by atoms with van der Waals surface area (Å²) in [6.07, 6.45) is 0. The van der Waals surface area contributed by atoms with Gasteiger partial charge in [-0.1, -0.05) is 0 Å². The van der Waals surface area contributed by atoms with Crippen LogP contribution in [-0.2, 0) is 9.13 Å². The predicted octanol–water partition coefficient (Wildman–Crippen LogP) is -4.59. The SMILES string of the molecule is F.O=P(O)(O)O.O=P(O)(O)O.[H-].[K+]. The largest absolute Gasteiger partial charge is 1.00 e. The fraction of sp³-hybridized carbons (Fsp3) is 0. The van der Waals surface area contributed by atoms with Crippen LogP contribution in [0.4, 0.5) is 4.70 Å². The van der Waals surface area contributed by atoms with Gasteiger partial charge in [0.05, 0.1) is 0 Å². The van der Waals surface area contributed by atoms with Crippen molar-refractivity contribution in [2.75, 3.05) is 0 Å². The molecule has 0 fully saturated rings. The molecule has 8 nitrogen and oxygen atoms in total. The van der Waals surface area contributed by atoms with Gasteiger partial charge in [-0.05, 0) is 0 Å². The third-order valence-electron chi connectivity index (χ3n) is 0. The van der Waals surface area contributed by atoms with Gasteiger partial charge in [0.2, 0.25) is 0 Å². The smallest absolute Gasteiger partial charge is 1.00 e. The van der Waals surface area contributed by atoms with Gasteiger partial charge in [0, 0.05) is 0 Å². The predicted molar refractivity (Wildman–Crippen MR) is 32.1 cm³/mol. The maximum atomic E-state index is 8.88. The van der Waals surface area contributed by atoms with Crippen molar-refractivity contribution in [2.45, 2.75) is 0 Å². The monoisotopic (exact) mass is 256 g/mol. The van der Waals surface area contributed by atoms with E-state index in [9.17, 15) is 0 Å². The van der Waals surface area contributed by atoms with Gasteiger partial charge in [-0.2, -0.15) is 0 Å². The summed E-state index contributed by atoms with van der Waals surface area (Å²) in [4.78, 5) is 43.1. The molecule has 0 saturated heterocycles. The summed E-state index contributed by atoms with van der Waals surface area (Å²) in [5, 5.41) is 0. The Labute approximate surface area is 110 Å². The molecule has 12 heteroatoms. The minimum atomic E-state index is -4.64. The summed E-state index contributed by atoms with van der Waals surface area (Å²) < 4.78 is 17.8. The standard InChI is InChI=1S/FH.K.2H3O4P.H/c;;2*1-5(2,3)4;/h1H;;2*(H3,1,2,3,4);/q;+1;;;-1. The molecule has 12 heavy (non-hydrogen) atoms. The van der Waals surface area contributed by atoms with Crippen LogP contribution >= 0.6 is 15.6 Å². The molecule has 0 atom stereocenters. The zero-order valence-electron chi connectivity index (χ0n) is 6.80. The van der Waals surface area contributed by atoms with Crippen LogP contribution in [0.3, 0.4) is 0 Å². The zero-order valence-corrected chi connectivity index (χ0v) is 10.7. The Morgan fingerprint density at radius 2 is 0.750 bits per heavy atom. The van der Waals surface area contributed by atoms with Gasteiger partial charge in [-0.15, -0.1) is 0 Å². The molecule has 0 amide bonds. The van der Waals surface area contributed by atoms with Crippen molar-refractivity contribution < 1.29 is 96.0 Å². The van der Waals surface area contributed by atoms with Crippen LogP contribution in [0.5, 0.6) is 0 Å². The van der Waals surface area contributed by atoms with E-state index in [1.807, 2.05) is 0 Å². The van der Waals surface area contributed by atoms with Crippen LogP contribution in [-0.4, -0.2) is 29.4 Å². The first-order chi connectivity index (χ1) is 4.00. The third-order valence-corrected chi connectivity index (χ3v) is 0. The van der Waals surface area contributed by atoms with Crippen LogP contribution in [0.15, 0.2) is 0 Å². The average Bonchev–Trinajstić information content (AvgIpc) is 1.12. The Balaban J connectivity index is -0.0000000267. The van der Waals surface area contributed by atoms with Crippen LogP contribution in [0, 0.1) is 0 Å². The van der Waals surface area contributed by atoms with Crippen molar-refractivity contribution in [3.63, 3.8) is 0 Å². The van der Waals surface area contributed by atoms with Crippen LogP contribution in [0.1, 0.15) is 1.43 Å². The minimum absolute atomic E-state index is 0. The summed E-state index contributed by atoms with van der Waals surface area (Å²) in [6.45, 7) is 0. The van der Waals surface area contributed by atoms with E-state index >= 15 is 0 Å². The van der Waals surface area contributed by atoms with E-state index in [-0.39, 0.29) is 57.5 Å². The molecule has 0 rings (SSSR count). The second kappa shape index (κ2) is 9.35. The Morgan fingerprint density at radius 3 is 0.750 bits per heavy atom. The first-order valence-electron chi connectivity index (χ1n) is 1.57. The number of hydrogen-bond donors (Lipinski definition) is 6. The van der Waals surface area contributed by atoms with Gasteiger partial charge in [0.1, 0.15) is 0 Å². The Morgan fingerprint density at radius 1 is 0.750 bits per heavy atom. The molecule has 74 valence electrons. The maximum Gasteiger partial charge on any atom is 1.00 e. The van der Waals surface area contributed by atoms with Crippen molar-refractivity contribution in [2.24, 2.45) is 0 Å². The second-order valence-electron chi connectivity index (χ2n) is 1.03. The van der Waals surface area contributed by atoms with E-state index in [2.05, 4.69) is 0 Å². The van der Waals surface area contributed by atoms with Crippen molar-refractivity contribution in [3.05, 3.63) is 0 Å². The van der Waals surface area contributed by atoms with Gasteiger partial charge >= 0.3 is 67.0 Å². The fourth-order valence-corrected chi connectivity index (χ4v) is 0. The van der Waals surface area contributed by atoms with Crippen molar-refractivity contribution in [1.29, 1.82) is 0 Å². The first kappa shape index (κ1) is 23.5. The van der Waals surface area contributed by atoms with Crippen molar-refractivity contribution >= 4 is 15.6 Å². The summed E-state index contributed by atoms with van der Waals surface area (Å²) in [5.41, 5.74) is 0. The molecular weight excluding hydrogens is 248 g/mol. The van der Waals surface area contributed by atoms with E-state index in [1.165, 1.54) is 0 Å². The van der Waals surface area contributed by atoms with Crippen molar-refractivity contribution in [3.8, 4) is 0 Å². The Hall–Kier alpha value is 1.79. The van der Waals surface area contributed by atoms with Gasteiger partial charge in [-0.25, -0.2) is 9.13 Å². The minimum Gasteiger partial charge on any atom is -1.00 e. The molecule has 0 aliphatic carbocycles. The van der Waals surface area contributed by atoms with Gasteiger partial charge in [-0.3, -0.25) is 4.70 Å². The second-order valence-corrected chi connectivity index (χ2v) is 3.08. The molecule has 0 aliphatic rings. The molecule has 0 radical (unpaired) electrons. The molecule has 0 aromatic rings. The van der Waals surface area contributed by atoms with E-state index in [0.29, 0.717) is 0 Å². The van der Waals surface area contributed by atoms with E-state index in [4.69, 9.17) is 38.5 Å². The van der Waals surface area contributed by atoms with Crippen LogP contribution < -0.4 is 51.4 Å². The summed E-state index contributed by atoms with van der Waals surface area (Å²) in [5.74, 6) is 0. The van der Waals surface area contributed by atoms with Crippen molar-refractivity contribution in [1.82, 2.24) is 0 Å². The molecular formula is H8FKO8P2. The Kier molecular flexibility index (Phi) is 18.3. The number of rotatable bonds is 0. The third kappa shape index (κ3) is 430. The molecule has 0 unspecified atom stereocenters. The molecule has 0 aliphatic heterocycles. The zero-order chi connectivity index (χ0) is 9.00. The normalized spacial score (nSPS) is 9.83.